The molecule has 0 fully saturated rings. The molecule has 0 aliphatic carbocycles. The molecule has 102 valence electrons. The van der Waals surface area contributed by atoms with Crippen LogP contribution >= 0.6 is 0 Å². The summed E-state index contributed by atoms with van der Waals surface area (Å²) < 4.78 is 5.44. The molecule has 0 bridgehead atoms. The molecule has 2 aromatic rings. The number of ether oxygens (including phenoxy) is 1. The molecule has 0 atom stereocenters. The third kappa shape index (κ3) is 2.65. The van der Waals surface area contributed by atoms with Crippen LogP contribution in [0.25, 0.3) is 11.1 Å². The Balaban J connectivity index is 2.73. The molecule has 0 spiro atoms. The van der Waals surface area contributed by atoms with Crippen molar-refractivity contribution in [2.45, 2.75) is 26.7 Å². The van der Waals surface area contributed by atoms with E-state index >= 15 is 0 Å². The van der Waals surface area contributed by atoms with Crippen LogP contribution in [-0.2, 0) is 0 Å². The van der Waals surface area contributed by atoms with Crippen molar-refractivity contribution in [1.29, 1.82) is 5.26 Å². The van der Waals surface area contributed by atoms with E-state index in [1.165, 1.54) is 0 Å². The third-order valence-corrected chi connectivity index (χ3v) is 3.31. The molecule has 2 rings (SSSR count). The second-order valence-electron chi connectivity index (χ2n) is 5.09. The summed E-state index contributed by atoms with van der Waals surface area (Å²) in [6.45, 7) is 6.24. The fourth-order valence-electron chi connectivity index (χ4n) is 2.25. The Kier molecular flexibility index (Phi) is 4.05. The van der Waals surface area contributed by atoms with Gasteiger partial charge in [0, 0.05) is 17.5 Å². The number of aromatic nitrogens is 1. The van der Waals surface area contributed by atoms with Gasteiger partial charge in [-0.3, -0.25) is 4.98 Å². The molecule has 0 saturated carbocycles. The first kappa shape index (κ1) is 14.1. The second kappa shape index (κ2) is 5.75. The van der Waals surface area contributed by atoms with Crippen LogP contribution in [0.3, 0.4) is 0 Å². The molecule has 1 aromatic carbocycles. The van der Waals surface area contributed by atoms with Crippen molar-refractivity contribution in [2.75, 3.05) is 7.11 Å². The van der Waals surface area contributed by atoms with Gasteiger partial charge in [0.05, 0.1) is 18.7 Å². The summed E-state index contributed by atoms with van der Waals surface area (Å²) in [5, 5.41) is 9.10. The summed E-state index contributed by atoms with van der Waals surface area (Å²) in [6.07, 6.45) is 1.91. The molecule has 0 aliphatic rings. The Bertz CT molecular complexity index is 669. The normalized spacial score (nSPS) is 10.4. The van der Waals surface area contributed by atoms with Crippen molar-refractivity contribution < 1.29 is 4.74 Å². The van der Waals surface area contributed by atoms with E-state index in [1.807, 2.05) is 31.3 Å². The van der Waals surface area contributed by atoms with E-state index in [0.717, 1.165) is 28.1 Å². The van der Waals surface area contributed by atoms with Gasteiger partial charge < -0.3 is 4.74 Å². The van der Waals surface area contributed by atoms with Gasteiger partial charge in [0.15, 0.2) is 0 Å². The van der Waals surface area contributed by atoms with Crippen molar-refractivity contribution in [1.82, 2.24) is 4.98 Å². The molecule has 3 nitrogen and oxygen atoms in total. The Hall–Kier alpha value is -2.34. The average molecular weight is 266 g/mol. The highest BCUT2D eigenvalue weighted by atomic mass is 16.5. The van der Waals surface area contributed by atoms with Crippen molar-refractivity contribution in [3.8, 4) is 22.9 Å². The first-order valence-corrected chi connectivity index (χ1v) is 6.62. The number of aryl methyl sites for hydroxylation is 1. The molecule has 1 heterocycles. The van der Waals surface area contributed by atoms with Crippen LogP contribution in [0, 0.1) is 18.3 Å². The topological polar surface area (TPSA) is 45.9 Å². The van der Waals surface area contributed by atoms with E-state index in [2.05, 4.69) is 24.9 Å². The Morgan fingerprint density at radius 1 is 1.20 bits per heavy atom. The number of benzene rings is 1. The van der Waals surface area contributed by atoms with Gasteiger partial charge in [-0.2, -0.15) is 5.26 Å². The summed E-state index contributed by atoms with van der Waals surface area (Å²) in [4.78, 5) is 4.38. The molecule has 0 saturated heterocycles. The van der Waals surface area contributed by atoms with E-state index < -0.39 is 0 Å². The Morgan fingerprint density at radius 2 is 1.95 bits per heavy atom. The zero-order valence-corrected chi connectivity index (χ0v) is 12.3. The van der Waals surface area contributed by atoms with Gasteiger partial charge in [0.25, 0.3) is 0 Å². The van der Waals surface area contributed by atoms with E-state index in [4.69, 9.17) is 10.00 Å². The van der Waals surface area contributed by atoms with Gasteiger partial charge in [-0.15, -0.1) is 0 Å². The predicted octanol–water partition coefficient (Wildman–Crippen LogP) is 4.06. The third-order valence-electron chi connectivity index (χ3n) is 3.31. The van der Waals surface area contributed by atoms with Crippen molar-refractivity contribution >= 4 is 0 Å². The molecule has 0 unspecified atom stereocenters. The maximum Gasteiger partial charge on any atom is 0.126 e. The molecule has 3 heteroatoms. The summed E-state index contributed by atoms with van der Waals surface area (Å²) >= 11 is 0. The second-order valence-corrected chi connectivity index (χ2v) is 5.09. The molecular formula is C17H18N2O. The SMILES string of the molecule is COc1ccc(C#N)cc1-c1cc(C)ncc1C(C)C. The molecule has 0 amide bonds. The van der Waals surface area contributed by atoms with E-state index in [9.17, 15) is 0 Å². The van der Waals surface area contributed by atoms with E-state index in [1.54, 1.807) is 13.2 Å². The van der Waals surface area contributed by atoms with Gasteiger partial charge in [-0.05, 0) is 48.2 Å². The van der Waals surface area contributed by atoms with E-state index in [-0.39, 0.29) is 0 Å². The molecule has 20 heavy (non-hydrogen) atoms. The van der Waals surface area contributed by atoms with Gasteiger partial charge in [-0.1, -0.05) is 13.8 Å². The van der Waals surface area contributed by atoms with Crippen molar-refractivity contribution in [2.24, 2.45) is 0 Å². The smallest absolute Gasteiger partial charge is 0.126 e. The van der Waals surface area contributed by atoms with Crippen LogP contribution in [0.2, 0.25) is 0 Å². The minimum atomic E-state index is 0.355. The Labute approximate surface area is 119 Å². The Morgan fingerprint density at radius 3 is 2.55 bits per heavy atom. The van der Waals surface area contributed by atoms with Crippen molar-refractivity contribution in [3.63, 3.8) is 0 Å². The van der Waals surface area contributed by atoms with Gasteiger partial charge in [0.2, 0.25) is 0 Å². The van der Waals surface area contributed by atoms with Crippen LogP contribution in [0.5, 0.6) is 5.75 Å². The number of pyridine rings is 1. The molecule has 0 radical (unpaired) electrons. The van der Waals surface area contributed by atoms with Crippen LogP contribution in [0.15, 0.2) is 30.5 Å². The standard InChI is InChI=1S/C17H18N2O/c1-11(2)16-10-19-12(3)7-14(16)15-8-13(9-18)5-6-17(15)20-4/h5-8,10-11H,1-4H3. The lowest BCUT2D eigenvalue weighted by molar-refractivity contribution is 0.416. The van der Waals surface area contributed by atoms with Crippen LogP contribution in [-0.4, -0.2) is 12.1 Å². The highest BCUT2D eigenvalue weighted by Crippen LogP contribution is 2.36. The minimum Gasteiger partial charge on any atom is -0.496 e. The first-order chi connectivity index (χ1) is 9.56. The number of hydrogen-bond acceptors (Lipinski definition) is 3. The fraction of sp³-hybridized carbons (Fsp3) is 0.294. The lowest BCUT2D eigenvalue weighted by Gasteiger charge is -2.16. The maximum absolute atomic E-state index is 9.10. The lowest BCUT2D eigenvalue weighted by atomic mass is 9.92. The summed E-state index contributed by atoms with van der Waals surface area (Å²) in [7, 11) is 1.65. The van der Waals surface area contributed by atoms with Gasteiger partial charge >= 0.3 is 0 Å². The zero-order valence-electron chi connectivity index (χ0n) is 12.3. The summed E-state index contributed by atoms with van der Waals surface area (Å²) in [5.74, 6) is 1.13. The summed E-state index contributed by atoms with van der Waals surface area (Å²) in [6, 6.07) is 9.72. The lowest BCUT2D eigenvalue weighted by Crippen LogP contribution is -1.98. The van der Waals surface area contributed by atoms with Gasteiger partial charge in [0.1, 0.15) is 5.75 Å². The predicted molar refractivity (Wildman–Crippen MR) is 79.8 cm³/mol. The number of nitrogens with zero attached hydrogens (tertiary/aromatic N) is 2. The maximum atomic E-state index is 9.10. The molecule has 1 aromatic heterocycles. The first-order valence-electron chi connectivity index (χ1n) is 6.62. The fourth-order valence-corrected chi connectivity index (χ4v) is 2.25. The molecule has 0 N–H and O–H groups in total. The highest BCUT2D eigenvalue weighted by molar-refractivity contribution is 5.75. The largest absolute Gasteiger partial charge is 0.496 e. The number of methoxy groups -OCH3 is 1. The van der Waals surface area contributed by atoms with Crippen molar-refractivity contribution in [3.05, 3.63) is 47.3 Å². The molecular weight excluding hydrogens is 248 g/mol. The van der Waals surface area contributed by atoms with Crippen LogP contribution in [0.1, 0.15) is 36.6 Å². The monoisotopic (exact) mass is 266 g/mol. The summed E-state index contributed by atoms with van der Waals surface area (Å²) in [5.41, 5.74) is 4.77. The van der Waals surface area contributed by atoms with Crippen LogP contribution in [0.4, 0.5) is 0 Å². The molecule has 0 aliphatic heterocycles. The highest BCUT2D eigenvalue weighted by Gasteiger charge is 2.14. The van der Waals surface area contributed by atoms with Gasteiger partial charge in [-0.25, -0.2) is 0 Å². The quantitative estimate of drug-likeness (QED) is 0.841. The number of nitriles is 1. The minimum absolute atomic E-state index is 0.355. The zero-order chi connectivity index (χ0) is 14.7. The van der Waals surface area contributed by atoms with Crippen LogP contribution < -0.4 is 4.74 Å². The average Bonchev–Trinajstić information content (AvgIpc) is 2.46. The number of rotatable bonds is 3. The van der Waals surface area contributed by atoms with E-state index in [0.29, 0.717) is 11.5 Å². The number of hydrogen-bond donors (Lipinski definition) is 0.